The van der Waals surface area contributed by atoms with Crippen molar-refractivity contribution in [2.45, 2.75) is 59.9 Å². The molecule has 0 fully saturated rings. The summed E-state index contributed by atoms with van der Waals surface area (Å²) in [5.74, 6) is 0.910. The Bertz CT molecular complexity index is 440. The molecule has 132 valence electrons. The number of guanidine groups is 1. The molecular formula is C18H33IN4. The minimum Gasteiger partial charge on any atom is -0.357 e. The van der Waals surface area contributed by atoms with Gasteiger partial charge in [-0.3, -0.25) is 9.98 Å². The largest absolute Gasteiger partial charge is 0.357 e. The molecule has 1 rings (SSSR count). The van der Waals surface area contributed by atoms with E-state index in [9.17, 15) is 0 Å². The van der Waals surface area contributed by atoms with Crippen molar-refractivity contribution in [1.29, 1.82) is 0 Å². The first kappa shape index (κ1) is 22.1. The summed E-state index contributed by atoms with van der Waals surface area (Å²) in [7, 11) is 0. The number of hydrogen-bond acceptors (Lipinski definition) is 2. The smallest absolute Gasteiger partial charge is 0.191 e. The van der Waals surface area contributed by atoms with Gasteiger partial charge in [-0.2, -0.15) is 0 Å². The van der Waals surface area contributed by atoms with E-state index in [-0.39, 0.29) is 24.0 Å². The van der Waals surface area contributed by atoms with E-state index in [2.05, 4.69) is 61.3 Å². The van der Waals surface area contributed by atoms with Crippen molar-refractivity contribution in [1.82, 2.24) is 15.6 Å². The van der Waals surface area contributed by atoms with Gasteiger partial charge in [0.15, 0.2) is 5.96 Å². The summed E-state index contributed by atoms with van der Waals surface area (Å²) in [6.07, 6.45) is 6.98. The van der Waals surface area contributed by atoms with Crippen molar-refractivity contribution < 1.29 is 0 Å². The molecular weight excluding hydrogens is 399 g/mol. The van der Waals surface area contributed by atoms with Gasteiger partial charge in [-0.15, -0.1) is 24.0 Å². The lowest BCUT2D eigenvalue weighted by Gasteiger charge is -2.23. The van der Waals surface area contributed by atoms with Crippen LogP contribution >= 0.6 is 24.0 Å². The molecule has 0 aliphatic carbocycles. The lowest BCUT2D eigenvalue weighted by molar-refractivity contribution is 0.346. The third kappa shape index (κ3) is 11.3. The number of nitrogens with zero attached hydrogens (tertiary/aromatic N) is 2. The lowest BCUT2D eigenvalue weighted by Crippen LogP contribution is -2.42. The highest BCUT2D eigenvalue weighted by atomic mass is 127. The number of halogens is 1. The van der Waals surface area contributed by atoms with E-state index in [1.54, 1.807) is 6.20 Å². The number of hydrogen-bond donors (Lipinski definition) is 2. The van der Waals surface area contributed by atoms with Crippen molar-refractivity contribution in [3.8, 4) is 0 Å². The molecule has 1 heterocycles. The van der Waals surface area contributed by atoms with E-state index >= 15 is 0 Å². The van der Waals surface area contributed by atoms with Crippen LogP contribution in [0.1, 0.15) is 53.0 Å². The van der Waals surface area contributed by atoms with Crippen LogP contribution in [0.5, 0.6) is 0 Å². The average Bonchev–Trinajstić information content (AvgIpc) is 2.46. The summed E-state index contributed by atoms with van der Waals surface area (Å²) in [6.45, 7) is 12.8. The minimum atomic E-state index is 0. The minimum absolute atomic E-state index is 0. The molecule has 0 aliphatic rings. The van der Waals surface area contributed by atoms with E-state index < -0.39 is 0 Å². The monoisotopic (exact) mass is 432 g/mol. The Kier molecular flexibility index (Phi) is 11.2. The second-order valence-electron chi connectivity index (χ2n) is 7.02. The number of aliphatic imine (C=N–C) groups is 1. The van der Waals surface area contributed by atoms with Crippen LogP contribution in [0.15, 0.2) is 29.5 Å². The molecule has 1 aromatic heterocycles. The fourth-order valence-electron chi connectivity index (χ4n) is 2.12. The Morgan fingerprint density at radius 1 is 1.35 bits per heavy atom. The summed E-state index contributed by atoms with van der Waals surface area (Å²) in [4.78, 5) is 8.79. The lowest BCUT2D eigenvalue weighted by atomic mass is 9.89. The Hall–Kier alpha value is -0.850. The van der Waals surface area contributed by atoms with Gasteiger partial charge in [0.1, 0.15) is 0 Å². The van der Waals surface area contributed by atoms with E-state index in [0.29, 0.717) is 11.5 Å². The zero-order valence-corrected chi connectivity index (χ0v) is 17.6. The molecule has 0 amide bonds. The second kappa shape index (κ2) is 11.6. The van der Waals surface area contributed by atoms with Gasteiger partial charge in [0, 0.05) is 31.5 Å². The number of nitrogens with one attached hydrogen (secondary N) is 2. The summed E-state index contributed by atoms with van der Waals surface area (Å²) >= 11 is 0. The van der Waals surface area contributed by atoms with Gasteiger partial charge in [-0.05, 0) is 50.2 Å². The standard InChI is InChI=1S/C18H32N4.HI/c1-6-20-17(22-15(2)9-11-18(3,4)5)21-13-10-16-8-7-12-19-14-16;/h7-8,12,14-15H,6,9-11,13H2,1-5H3,(H2,20,21,22);1H. The Morgan fingerprint density at radius 3 is 2.65 bits per heavy atom. The predicted octanol–water partition coefficient (Wildman–Crippen LogP) is 4.01. The molecule has 1 aromatic rings. The number of pyridine rings is 1. The van der Waals surface area contributed by atoms with Gasteiger partial charge in [-0.1, -0.05) is 26.8 Å². The Balaban J connectivity index is 0.00000484. The van der Waals surface area contributed by atoms with Crippen LogP contribution in [0.4, 0.5) is 0 Å². The molecule has 0 radical (unpaired) electrons. The molecule has 0 spiro atoms. The molecule has 23 heavy (non-hydrogen) atoms. The number of rotatable bonds is 7. The molecule has 4 nitrogen and oxygen atoms in total. The molecule has 2 N–H and O–H groups in total. The fourth-order valence-corrected chi connectivity index (χ4v) is 2.12. The maximum atomic E-state index is 4.66. The molecule has 0 saturated heterocycles. The topological polar surface area (TPSA) is 49.3 Å². The maximum absolute atomic E-state index is 4.66. The van der Waals surface area contributed by atoms with Crippen LogP contribution in [-0.2, 0) is 6.42 Å². The van der Waals surface area contributed by atoms with Gasteiger partial charge >= 0.3 is 0 Å². The van der Waals surface area contributed by atoms with Crippen LogP contribution in [0, 0.1) is 5.41 Å². The van der Waals surface area contributed by atoms with Gasteiger partial charge in [0.2, 0.25) is 0 Å². The summed E-state index contributed by atoms with van der Waals surface area (Å²) in [5, 5.41) is 6.82. The molecule has 1 atom stereocenters. The van der Waals surface area contributed by atoms with Crippen LogP contribution < -0.4 is 10.6 Å². The molecule has 1 unspecified atom stereocenters. The molecule has 5 heteroatoms. The highest BCUT2D eigenvalue weighted by Gasteiger charge is 2.13. The summed E-state index contributed by atoms with van der Waals surface area (Å²) in [6, 6.07) is 4.49. The van der Waals surface area contributed by atoms with E-state index in [4.69, 9.17) is 0 Å². The fraction of sp³-hybridized carbons (Fsp3) is 0.667. The van der Waals surface area contributed by atoms with Crippen LogP contribution in [0.3, 0.4) is 0 Å². The second-order valence-corrected chi connectivity index (χ2v) is 7.02. The summed E-state index contributed by atoms with van der Waals surface area (Å²) in [5.41, 5.74) is 1.61. The van der Waals surface area contributed by atoms with Crippen molar-refractivity contribution in [3.05, 3.63) is 30.1 Å². The zero-order valence-electron chi connectivity index (χ0n) is 15.2. The quantitative estimate of drug-likeness (QED) is 0.389. The highest BCUT2D eigenvalue weighted by molar-refractivity contribution is 14.0. The van der Waals surface area contributed by atoms with Crippen molar-refractivity contribution >= 4 is 29.9 Å². The SMILES string of the molecule is CCNC(=NCCc1cccnc1)NC(C)CCC(C)(C)C.I. The molecule has 0 saturated carbocycles. The Morgan fingerprint density at radius 2 is 2.09 bits per heavy atom. The first-order valence-corrected chi connectivity index (χ1v) is 8.34. The van der Waals surface area contributed by atoms with Crippen LogP contribution in [0.25, 0.3) is 0 Å². The Labute approximate surface area is 159 Å². The first-order valence-electron chi connectivity index (χ1n) is 8.34. The van der Waals surface area contributed by atoms with Crippen LogP contribution in [-0.4, -0.2) is 30.1 Å². The van der Waals surface area contributed by atoms with Gasteiger partial charge in [-0.25, -0.2) is 0 Å². The molecule has 0 aliphatic heterocycles. The average molecular weight is 432 g/mol. The highest BCUT2D eigenvalue weighted by Crippen LogP contribution is 2.21. The van der Waals surface area contributed by atoms with Gasteiger partial charge in [0.25, 0.3) is 0 Å². The molecule has 0 aromatic carbocycles. The van der Waals surface area contributed by atoms with Gasteiger partial charge in [0.05, 0.1) is 0 Å². The van der Waals surface area contributed by atoms with Crippen LogP contribution in [0.2, 0.25) is 0 Å². The number of aromatic nitrogens is 1. The predicted molar refractivity (Wildman–Crippen MR) is 111 cm³/mol. The van der Waals surface area contributed by atoms with Gasteiger partial charge < -0.3 is 10.6 Å². The maximum Gasteiger partial charge on any atom is 0.191 e. The third-order valence-corrected chi connectivity index (χ3v) is 3.45. The zero-order chi connectivity index (χ0) is 16.4. The van der Waals surface area contributed by atoms with Crippen molar-refractivity contribution in [2.24, 2.45) is 10.4 Å². The van der Waals surface area contributed by atoms with Crippen molar-refractivity contribution in [2.75, 3.05) is 13.1 Å². The normalized spacial score (nSPS) is 13.2. The van der Waals surface area contributed by atoms with E-state index in [0.717, 1.165) is 31.9 Å². The molecule has 0 bridgehead atoms. The van der Waals surface area contributed by atoms with E-state index in [1.807, 2.05) is 12.3 Å². The first-order chi connectivity index (χ1) is 10.4. The third-order valence-electron chi connectivity index (χ3n) is 3.45. The van der Waals surface area contributed by atoms with E-state index in [1.165, 1.54) is 12.0 Å². The van der Waals surface area contributed by atoms with Crippen molar-refractivity contribution in [3.63, 3.8) is 0 Å². The summed E-state index contributed by atoms with van der Waals surface area (Å²) < 4.78 is 0.